The Morgan fingerprint density at radius 2 is 1.83 bits per heavy atom. The first-order chi connectivity index (χ1) is 5.57. The second-order valence-corrected chi connectivity index (χ2v) is 2.26. The summed E-state index contributed by atoms with van der Waals surface area (Å²) in [4.78, 5) is 10.0. The number of allylic oxidation sites excluding steroid dienone is 6. The van der Waals surface area contributed by atoms with Gasteiger partial charge in [0.2, 0.25) is 0 Å². The average Bonchev–Trinajstić information content (AvgIpc) is 2.02. The zero-order valence-electron chi connectivity index (χ0n) is 6.97. The topological polar surface area (TPSA) is 17.1 Å². The molecule has 0 heterocycles. The quantitative estimate of drug-likeness (QED) is 0.363. The second kappa shape index (κ2) is 5.41. The Hall–Kier alpha value is -1.25. The van der Waals surface area contributed by atoms with Gasteiger partial charge in [0, 0.05) is 5.57 Å². The molecule has 0 N–H and O–H groups in total. The molecular weight excluding hydrogens is 162 g/mol. The monoisotopic (exact) mass is 172 g/mol. The van der Waals surface area contributed by atoms with Crippen LogP contribution in [0.1, 0.15) is 13.8 Å². The molecule has 0 aromatic heterocycles. The van der Waals surface area contributed by atoms with Gasteiger partial charge in [0.15, 0.2) is 0 Å². The Labute approximate surface area is 70.1 Å². The van der Waals surface area contributed by atoms with E-state index in [1.807, 2.05) is 0 Å². The predicted octanol–water partition coefficient (Wildman–Crippen LogP) is 2.86. The van der Waals surface area contributed by atoms with Crippen molar-refractivity contribution in [3.8, 4) is 0 Å². The predicted molar refractivity (Wildman–Crippen MR) is 43.9 cm³/mol. The molecule has 0 rings (SSSR count). The Balaban J connectivity index is 4.36. The molecule has 0 bridgehead atoms. The van der Waals surface area contributed by atoms with Crippen LogP contribution in [0.4, 0.5) is 8.78 Å². The molecule has 0 aromatic carbocycles. The molecule has 0 unspecified atom stereocenters. The fraction of sp³-hybridized carbons (Fsp3) is 0.222. The first-order valence-electron chi connectivity index (χ1n) is 3.40. The highest BCUT2D eigenvalue weighted by atomic mass is 19.1. The van der Waals surface area contributed by atoms with E-state index in [9.17, 15) is 13.6 Å². The summed E-state index contributed by atoms with van der Waals surface area (Å²) in [5, 5.41) is 0. The molecule has 0 spiro atoms. The lowest BCUT2D eigenvalue weighted by molar-refractivity contribution is -0.104. The Bertz CT molecular complexity index is 245. The lowest BCUT2D eigenvalue weighted by Gasteiger charge is -1.87. The summed E-state index contributed by atoms with van der Waals surface area (Å²) in [6, 6.07) is 0. The van der Waals surface area contributed by atoms with Gasteiger partial charge in [-0.15, -0.1) is 0 Å². The van der Waals surface area contributed by atoms with Gasteiger partial charge in [0.1, 0.15) is 12.1 Å². The normalized spacial score (nSPS) is 14.8. The number of hydrogen-bond donors (Lipinski definition) is 0. The molecule has 0 aliphatic carbocycles. The van der Waals surface area contributed by atoms with Gasteiger partial charge in [0.25, 0.3) is 0 Å². The molecule has 0 aliphatic rings. The SMILES string of the molecule is C\C(C=O)=C(F)/C=C\C=C(/C)F. The smallest absolute Gasteiger partial charge is 0.148 e. The molecule has 1 nitrogen and oxygen atoms in total. The first kappa shape index (κ1) is 10.8. The minimum atomic E-state index is -0.650. The Morgan fingerprint density at radius 1 is 1.25 bits per heavy atom. The molecule has 3 heteroatoms. The highest BCUT2D eigenvalue weighted by Crippen LogP contribution is 2.05. The van der Waals surface area contributed by atoms with Crippen molar-refractivity contribution in [2.24, 2.45) is 0 Å². The van der Waals surface area contributed by atoms with Crippen LogP contribution in [0.3, 0.4) is 0 Å². The molecule has 12 heavy (non-hydrogen) atoms. The van der Waals surface area contributed by atoms with E-state index >= 15 is 0 Å². The molecule has 0 atom stereocenters. The van der Waals surface area contributed by atoms with E-state index in [0.29, 0.717) is 6.29 Å². The Kier molecular flexibility index (Phi) is 4.84. The fourth-order valence-corrected chi connectivity index (χ4v) is 0.453. The molecule has 0 aromatic rings. The summed E-state index contributed by atoms with van der Waals surface area (Å²) >= 11 is 0. The molecule has 0 radical (unpaired) electrons. The minimum absolute atomic E-state index is 0.00355. The van der Waals surface area contributed by atoms with Crippen molar-refractivity contribution in [1.82, 2.24) is 0 Å². The minimum Gasteiger partial charge on any atom is -0.298 e. The summed E-state index contributed by atoms with van der Waals surface area (Å²) in [7, 11) is 0. The van der Waals surface area contributed by atoms with E-state index in [4.69, 9.17) is 0 Å². The van der Waals surface area contributed by atoms with Crippen molar-refractivity contribution in [2.75, 3.05) is 0 Å². The van der Waals surface area contributed by atoms with Gasteiger partial charge in [-0.05, 0) is 26.0 Å². The maximum absolute atomic E-state index is 12.7. The summed E-state index contributed by atoms with van der Waals surface area (Å²) in [5.74, 6) is -1.06. The van der Waals surface area contributed by atoms with Crippen molar-refractivity contribution in [1.29, 1.82) is 0 Å². The van der Waals surface area contributed by atoms with Gasteiger partial charge in [0.05, 0.1) is 5.83 Å². The number of aldehydes is 1. The molecule has 0 saturated heterocycles. The van der Waals surface area contributed by atoms with Crippen LogP contribution in [-0.2, 0) is 4.79 Å². The summed E-state index contributed by atoms with van der Waals surface area (Å²) in [5.41, 5.74) is -0.00355. The van der Waals surface area contributed by atoms with Crippen molar-refractivity contribution in [3.63, 3.8) is 0 Å². The molecule has 0 fully saturated rings. The molecule has 0 aliphatic heterocycles. The van der Waals surface area contributed by atoms with Gasteiger partial charge in [-0.25, -0.2) is 8.78 Å². The van der Waals surface area contributed by atoms with E-state index in [0.717, 1.165) is 12.2 Å². The highest BCUT2D eigenvalue weighted by Gasteiger charge is 1.93. The van der Waals surface area contributed by atoms with Crippen LogP contribution in [0.15, 0.2) is 35.5 Å². The van der Waals surface area contributed by atoms with E-state index in [1.54, 1.807) is 0 Å². The maximum Gasteiger partial charge on any atom is 0.148 e. The van der Waals surface area contributed by atoms with Crippen LogP contribution in [0.2, 0.25) is 0 Å². The van der Waals surface area contributed by atoms with E-state index in [2.05, 4.69) is 0 Å². The lowest BCUT2D eigenvalue weighted by atomic mass is 10.3. The largest absolute Gasteiger partial charge is 0.298 e. The zero-order valence-corrected chi connectivity index (χ0v) is 6.97. The number of carbonyl (C=O) groups is 1. The van der Waals surface area contributed by atoms with Gasteiger partial charge in [-0.1, -0.05) is 6.08 Å². The maximum atomic E-state index is 12.7. The average molecular weight is 172 g/mol. The molecular formula is C9H10F2O. The van der Waals surface area contributed by atoms with Gasteiger partial charge in [-0.2, -0.15) is 0 Å². The lowest BCUT2D eigenvalue weighted by Crippen LogP contribution is -1.79. The summed E-state index contributed by atoms with van der Waals surface area (Å²) in [6.07, 6.45) is 3.76. The van der Waals surface area contributed by atoms with Crippen LogP contribution >= 0.6 is 0 Å². The van der Waals surface area contributed by atoms with Crippen LogP contribution in [-0.4, -0.2) is 6.29 Å². The number of hydrogen-bond acceptors (Lipinski definition) is 1. The molecule has 66 valence electrons. The molecule has 0 saturated carbocycles. The van der Waals surface area contributed by atoms with E-state index in [-0.39, 0.29) is 5.57 Å². The second-order valence-electron chi connectivity index (χ2n) is 2.26. The zero-order chi connectivity index (χ0) is 9.56. The van der Waals surface area contributed by atoms with Crippen molar-refractivity contribution >= 4 is 6.29 Å². The molecule has 0 amide bonds. The Morgan fingerprint density at radius 3 is 2.25 bits per heavy atom. The van der Waals surface area contributed by atoms with Crippen LogP contribution in [0.5, 0.6) is 0 Å². The van der Waals surface area contributed by atoms with Gasteiger partial charge < -0.3 is 0 Å². The first-order valence-corrected chi connectivity index (χ1v) is 3.40. The van der Waals surface area contributed by atoms with E-state index in [1.165, 1.54) is 19.9 Å². The van der Waals surface area contributed by atoms with Crippen molar-refractivity contribution in [2.45, 2.75) is 13.8 Å². The number of carbonyl (C=O) groups excluding carboxylic acids is 1. The van der Waals surface area contributed by atoms with Gasteiger partial charge in [-0.3, -0.25) is 4.79 Å². The van der Waals surface area contributed by atoms with Gasteiger partial charge >= 0.3 is 0 Å². The number of rotatable bonds is 3. The van der Waals surface area contributed by atoms with Crippen LogP contribution in [0, 0.1) is 0 Å². The summed E-state index contributed by atoms with van der Waals surface area (Å²) in [6.45, 7) is 2.59. The third-order valence-electron chi connectivity index (χ3n) is 1.12. The van der Waals surface area contributed by atoms with Crippen LogP contribution < -0.4 is 0 Å². The van der Waals surface area contributed by atoms with E-state index < -0.39 is 11.7 Å². The standard InChI is InChI=1S/C9H10F2O/c1-7(6-12)9(11)5-3-4-8(2)10/h3-6H,1-2H3/b5-3-,8-4+,9-7-. The summed E-state index contributed by atoms with van der Waals surface area (Å²) < 4.78 is 24.7. The highest BCUT2D eigenvalue weighted by molar-refractivity contribution is 5.73. The van der Waals surface area contributed by atoms with Crippen molar-refractivity contribution in [3.05, 3.63) is 35.5 Å². The third kappa shape index (κ3) is 4.55. The van der Waals surface area contributed by atoms with Crippen LogP contribution in [0.25, 0.3) is 0 Å². The van der Waals surface area contributed by atoms with Crippen molar-refractivity contribution < 1.29 is 13.6 Å². The fourth-order valence-electron chi connectivity index (χ4n) is 0.453. The third-order valence-corrected chi connectivity index (χ3v) is 1.12. The number of halogens is 2.